The van der Waals surface area contributed by atoms with Gasteiger partial charge in [0.25, 0.3) is 0 Å². The molecule has 0 aliphatic heterocycles. The summed E-state index contributed by atoms with van der Waals surface area (Å²) in [6.45, 7) is 5.09. The lowest BCUT2D eigenvalue weighted by Crippen LogP contribution is -2.10. The highest BCUT2D eigenvalue weighted by atomic mass is 16.7. The van der Waals surface area contributed by atoms with Crippen molar-refractivity contribution in [2.75, 3.05) is 20.0 Å². The summed E-state index contributed by atoms with van der Waals surface area (Å²) in [6.07, 6.45) is 0. The van der Waals surface area contributed by atoms with Gasteiger partial charge in [0, 0.05) is 5.57 Å². The fraction of sp³-hybridized carbons (Fsp3) is 0.211. The number of nitrogens with zero attached hydrogens (tertiary/aromatic N) is 2. The molecular formula is C19H20N2O5. The maximum absolute atomic E-state index is 11.2. The first-order valence-electron chi connectivity index (χ1n) is 7.89. The molecule has 0 saturated carbocycles. The molecule has 7 nitrogen and oxygen atoms in total. The highest BCUT2D eigenvalue weighted by Gasteiger charge is 2.03. The Labute approximate surface area is 151 Å². The number of hydrogen-bond donors (Lipinski definition) is 1. The Hall–Kier alpha value is -3.19. The summed E-state index contributed by atoms with van der Waals surface area (Å²) in [7, 11) is 0. The number of rotatable bonds is 9. The topological polar surface area (TPSA) is 89.7 Å². The van der Waals surface area contributed by atoms with Crippen molar-refractivity contribution in [3.8, 4) is 11.5 Å². The Bertz CT molecular complexity index is 755. The second-order valence-electron chi connectivity index (χ2n) is 5.23. The summed E-state index contributed by atoms with van der Waals surface area (Å²) in [6, 6.07) is 13.9. The largest absolute Gasteiger partial charge is 0.491 e. The molecule has 0 bridgehead atoms. The van der Waals surface area contributed by atoms with Crippen molar-refractivity contribution < 1.29 is 24.1 Å². The number of aliphatic hydroxyl groups is 1. The molecule has 136 valence electrons. The number of aliphatic hydroxyl groups excluding tert-OH is 1. The fourth-order valence-electron chi connectivity index (χ4n) is 1.77. The number of esters is 1. The molecule has 0 spiro atoms. The number of azo groups is 1. The van der Waals surface area contributed by atoms with E-state index in [1.807, 2.05) is 0 Å². The molecule has 0 heterocycles. The molecule has 2 aromatic carbocycles. The van der Waals surface area contributed by atoms with Crippen LogP contribution in [0.2, 0.25) is 0 Å². The van der Waals surface area contributed by atoms with Crippen LogP contribution in [0.15, 0.2) is 70.9 Å². The normalized spacial score (nSPS) is 10.5. The average molecular weight is 356 g/mol. The van der Waals surface area contributed by atoms with Gasteiger partial charge in [-0.15, -0.1) is 0 Å². The first kappa shape index (κ1) is 19.1. The Morgan fingerprint density at radius 2 is 1.46 bits per heavy atom. The van der Waals surface area contributed by atoms with Crippen molar-refractivity contribution in [3.63, 3.8) is 0 Å². The molecule has 0 aliphatic carbocycles. The van der Waals surface area contributed by atoms with E-state index in [-0.39, 0.29) is 20.0 Å². The quantitative estimate of drug-likeness (QED) is 0.318. The SMILES string of the molecule is C=C(C)C(=O)OCOc1ccc(N=Nc2ccc(OCCO)cc2)cc1. The van der Waals surface area contributed by atoms with Gasteiger partial charge in [-0.3, -0.25) is 0 Å². The van der Waals surface area contributed by atoms with Crippen LogP contribution in [0.25, 0.3) is 0 Å². The van der Waals surface area contributed by atoms with Gasteiger partial charge in [0.1, 0.15) is 18.1 Å². The third kappa shape index (κ3) is 6.37. The minimum atomic E-state index is -0.497. The van der Waals surface area contributed by atoms with Crippen LogP contribution in [0.5, 0.6) is 11.5 Å². The van der Waals surface area contributed by atoms with E-state index in [4.69, 9.17) is 19.3 Å². The summed E-state index contributed by atoms with van der Waals surface area (Å²) in [4.78, 5) is 11.2. The molecule has 7 heteroatoms. The van der Waals surface area contributed by atoms with E-state index in [1.54, 1.807) is 55.5 Å². The Kier molecular flexibility index (Phi) is 7.32. The van der Waals surface area contributed by atoms with Crippen molar-refractivity contribution in [1.82, 2.24) is 0 Å². The van der Waals surface area contributed by atoms with Crippen molar-refractivity contribution in [2.45, 2.75) is 6.92 Å². The molecule has 1 N–H and O–H groups in total. The van der Waals surface area contributed by atoms with Crippen LogP contribution in [0, 0.1) is 0 Å². The molecule has 0 fully saturated rings. The molecule has 2 aromatic rings. The maximum atomic E-state index is 11.2. The van der Waals surface area contributed by atoms with Crippen molar-refractivity contribution >= 4 is 17.3 Å². The third-order valence-electron chi connectivity index (χ3n) is 3.08. The number of hydrogen-bond acceptors (Lipinski definition) is 7. The second-order valence-corrected chi connectivity index (χ2v) is 5.23. The first-order chi connectivity index (χ1) is 12.6. The van der Waals surface area contributed by atoms with Crippen LogP contribution in [-0.4, -0.2) is 31.1 Å². The summed E-state index contributed by atoms with van der Waals surface area (Å²) in [5.41, 5.74) is 1.64. The van der Waals surface area contributed by atoms with Crippen LogP contribution in [0.3, 0.4) is 0 Å². The van der Waals surface area contributed by atoms with E-state index < -0.39 is 5.97 Å². The number of ether oxygens (including phenoxy) is 3. The van der Waals surface area contributed by atoms with E-state index in [0.717, 1.165) is 0 Å². The number of carbonyl (C=O) groups excluding carboxylic acids is 1. The highest BCUT2D eigenvalue weighted by molar-refractivity contribution is 5.86. The maximum Gasteiger partial charge on any atom is 0.335 e. The van der Waals surface area contributed by atoms with Crippen LogP contribution in [-0.2, 0) is 9.53 Å². The zero-order valence-corrected chi connectivity index (χ0v) is 14.4. The average Bonchev–Trinajstić information content (AvgIpc) is 2.66. The zero-order valence-electron chi connectivity index (χ0n) is 14.4. The third-order valence-corrected chi connectivity index (χ3v) is 3.08. The minimum Gasteiger partial charge on any atom is -0.491 e. The van der Waals surface area contributed by atoms with Gasteiger partial charge in [0.2, 0.25) is 6.79 Å². The summed E-state index contributed by atoms with van der Waals surface area (Å²) < 4.78 is 15.4. The zero-order chi connectivity index (χ0) is 18.8. The van der Waals surface area contributed by atoms with E-state index in [9.17, 15) is 4.79 Å². The molecule has 2 rings (SSSR count). The molecule has 0 unspecified atom stereocenters. The lowest BCUT2D eigenvalue weighted by atomic mass is 10.3. The molecule has 0 aromatic heterocycles. The Morgan fingerprint density at radius 3 is 1.92 bits per heavy atom. The smallest absolute Gasteiger partial charge is 0.335 e. The summed E-state index contributed by atoms with van der Waals surface area (Å²) in [5.74, 6) is 0.707. The molecule has 0 amide bonds. The number of carbonyl (C=O) groups is 1. The minimum absolute atomic E-state index is 0.0303. The molecule has 0 radical (unpaired) electrons. The second kappa shape index (κ2) is 9.95. The Balaban J connectivity index is 1.85. The van der Waals surface area contributed by atoms with Gasteiger partial charge in [0.05, 0.1) is 18.0 Å². The van der Waals surface area contributed by atoms with Gasteiger partial charge < -0.3 is 19.3 Å². The molecule has 26 heavy (non-hydrogen) atoms. The Morgan fingerprint density at radius 1 is 0.962 bits per heavy atom. The molecule has 0 aliphatic rings. The standard InChI is InChI=1S/C19H20N2O5/c1-14(2)19(23)26-13-25-18-9-5-16(6-10-18)21-20-15-3-7-17(8-4-15)24-12-11-22/h3-10,22H,1,11-13H2,2H3. The fourth-order valence-corrected chi connectivity index (χ4v) is 1.77. The highest BCUT2D eigenvalue weighted by Crippen LogP contribution is 2.23. The van der Waals surface area contributed by atoms with Gasteiger partial charge in [-0.2, -0.15) is 10.2 Å². The van der Waals surface area contributed by atoms with E-state index in [1.165, 1.54) is 0 Å². The predicted molar refractivity (Wildman–Crippen MR) is 96.0 cm³/mol. The van der Waals surface area contributed by atoms with Gasteiger partial charge >= 0.3 is 5.97 Å². The van der Waals surface area contributed by atoms with Crippen LogP contribution in [0.1, 0.15) is 6.92 Å². The first-order valence-corrected chi connectivity index (χ1v) is 7.89. The van der Waals surface area contributed by atoms with Crippen LogP contribution < -0.4 is 9.47 Å². The number of benzene rings is 2. The van der Waals surface area contributed by atoms with Crippen molar-refractivity contribution in [2.24, 2.45) is 10.2 Å². The van der Waals surface area contributed by atoms with E-state index >= 15 is 0 Å². The van der Waals surface area contributed by atoms with Gasteiger partial charge in [-0.1, -0.05) is 6.58 Å². The van der Waals surface area contributed by atoms with Crippen LogP contribution in [0.4, 0.5) is 11.4 Å². The van der Waals surface area contributed by atoms with Gasteiger partial charge in [-0.05, 0) is 55.5 Å². The monoisotopic (exact) mass is 356 g/mol. The van der Waals surface area contributed by atoms with Gasteiger partial charge in [0.15, 0.2) is 0 Å². The summed E-state index contributed by atoms with van der Waals surface area (Å²) in [5, 5.41) is 17.0. The predicted octanol–water partition coefficient (Wildman–Crippen LogP) is 3.93. The van der Waals surface area contributed by atoms with Crippen molar-refractivity contribution in [3.05, 3.63) is 60.7 Å². The van der Waals surface area contributed by atoms with Crippen LogP contribution >= 0.6 is 0 Å². The van der Waals surface area contributed by atoms with E-state index in [0.29, 0.717) is 28.4 Å². The van der Waals surface area contributed by atoms with Gasteiger partial charge in [-0.25, -0.2) is 4.79 Å². The molecular weight excluding hydrogens is 336 g/mol. The van der Waals surface area contributed by atoms with Crippen molar-refractivity contribution in [1.29, 1.82) is 0 Å². The van der Waals surface area contributed by atoms with E-state index in [2.05, 4.69) is 16.8 Å². The lowest BCUT2D eigenvalue weighted by molar-refractivity contribution is -0.145. The lowest BCUT2D eigenvalue weighted by Gasteiger charge is -2.07. The summed E-state index contributed by atoms with van der Waals surface area (Å²) >= 11 is 0. The molecule has 0 atom stereocenters. The molecule has 0 saturated heterocycles.